The molecule has 2 heterocycles. The van der Waals surface area contributed by atoms with Crippen LogP contribution >= 0.6 is 0 Å². The van der Waals surface area contributed by atoms with Crippen LogP contribution in [0.1, 0.15) is 213 Å². The first-order valence-electron chi connectivity index (χ1n) is 31.6. The molecular formula is C67H113NO13. The quantitative estimate of drug-likeness (QED) is 0.0204. The highest BCUT2D eigenvalue weighted by atomic mass is 16.7. The molecule has 464 valence electrons. The van der Waals surface area contributed by atoms with Crippen molar-refractivity contribution in [2.24, 2.45) is 0 Å². The second-order valence-corrected chi connectivity index (χ2v) is 21.8. The molecule has 9 N–H and O–H groups in total. The summed E-state index contributed by atoms with van der Waals surface area (Å²) in [5.74, 6) is -0.299. The summed E-state index contributed by atoms with van der Waals surface area (Å²) in [6, 6.07) is -0.970. The van der Waals surface area contributed by atoms with Crippen LogP contribution in [0.25, 0.3) is 0 Å². The number of unbranched alkanes of at least 4 members (excludes halogenated alkanes) is 20. The molecule has 2 aliphatic rings. The Morgan fingerprint density at radius 1 is 0.457 bits per heavy atom. The number of aliphatic hydroxyl groups is 8. The summed E-state index contributed by atoms with van der Waals surface area (Å²) >= 11 is 0. The summed E-state index contributed by atoms with van der Waals surface area (Å²) in [6.07, 6.45) is 55.7. The standard InChI is InChI=1S/C67H113NO13/c1-3-5-7-9-11-13-15-17-19-21-23-25-26-27-28-29-31-32-34-36-38-40-42-44-46-48-50-56(71)55(54-78-66-64(77)62(75)65(58(53-70)80-66)81-67-63(76)61(74)60(73)57(52-69)79-67)68-59(72)51-49-47-45-43-41-39-37-35-33-30-24-22-20-18-16-14-12-10-8-6-4-2/h6,8,12,14,18,20,24,30,32,34-35,37,40-43,48,50,55-58,60-67,69-71,73-77H,3-5,7,9-11,13,15-17,19,21-23,25-29,31,33,36,38-39,44-47,49,51-54H2,1-2H3,(H,68,72)/b8-6-,14-12-,20-18-,30-24-,34-32+,37-35-,42-40+,43-41-,50-48+. The van der Waals surface area contributed by atoms with Crippen molar-refractivity contribution < 1.29 is 64.6 Å². The van der Waals surface area contributed by atoms with Gasteiger partial charge in [0, 0.05) is 6.42 Å². The lowest BCUT2D eigenvalue weighted by molar-refractivity contribution is -0.359. The van der Waals surface area contributed by atoms with Gasteiger partial charge >= 0.3 is 0 Å². The number of carbonyl (C=O) groups is 1. The Balaban J connectivity index is 1.79. The molecule has 14 heteroatoms. The van der Waals surface area contributed by atoms with Crippen LogP contribution in [0.2, 0.25) is 0 Å². The molecule has 2 fully saturated rings. The van der Waals surface area contributed by atoms with Crippen molar-refractivity contribution in [3.8, 4) is 0 Å². The van der Waals surface area contributed by atoms with E-state index in [2.05, 4.69) is 116 Å². The number of hydrogen-bond acceptors (Lipinski definition) is 13. The molecule has 1 amide bonds. The van der Waals surface area contributed by atoms with Gasteiger partial charge in [-0.1, -0.05) is 220 Å². The number of aliphatic hydroxyl groups excluding tert-OH is 8. The van der Waals surface area contributed by atoms with Crippen molar-refractivity contribution in [1.82, 2.24) is 5.32 Å². The minimum atomic E-state index is -1.80. The molecule has 0 saturated carbocycles. The third-order valence-electron chi connectivity index (χ3n) is 14.7. The minimum Gasteiger partial charge on any atom is -0.394 e. The molecule has 0 bridgehead atoms. The summed E-state index contributed by atoms with van der Waals surface area (Å²) in [4.78, 5) is 13.3. The zero-order valence-electron chi connectivity index (χ0n) is 50.0. The Labute approximate surface area is 489 Å². The smallest absolute Gasteiger partial charge is 0.220 e. The van der Waals surface area contributed by atoms with Crippen LogP contribution in [0.4, 0.5) is 0 Å². The van der Waals surface area contributed by atoms with Crippen molar-refractivity contribution in [2.75, 3.05) is 19.8 Å². The number of nitrogens with one attached hydrogen (secondary N) is 1. The topological polar surface area (TPSA) is 228 Å². The molecule has 2 saturated heterocycles. The maximum atomic E-state index is 13.3. The first kappa shape index (κ1) is 73.8. The van der Waals surface area contributed by atoms with Gasteiger partial charge in [-0.15, -0.1) is 0 Å². The van der Waals surface area contributed by atoms with Gasteiger partial charge in [-0.2, -0.15) is 0 Å². The number of ether oxygens (including phenoxy) is 4. The SMILES string of the molecule is CC/C=C\C/C=C\C/C=C\C/C=C\C/C=C\C/C=C\CCCCC(=O)NC(COC1OC(CO)C(OC2OC(CO)C(O)C(O)C2O)C(O)C1O)C(O)/C=C/CC/C=C/CC/C=C/CCCCCCCCCCCCCCCCCC. The highest BCUT2D eigenvalue weighted by Crippen LogP contribution is 2.30. The first-order valence-corrected chi connectivity index (χ1v) is 31.6. The van der Waals surface area contributed by atoms with Crippen LogP contribution in [0.3, 0.4) is 0 Å². The van der Waals surface area contributed by atoms with Crippen LogP contribution in [0.5, 0.6) is 0 Å². The predicted octanol–water partition coefficient (Wildman–Crippen LogP) is 11.6. The van der Waals surface area contributed by atoms with Crippen molar-refractivity contribution >= 4 is 5.91 Å². The summed E-state index contributed by atoms with van der Waals surface area (Å²) in [5, 5.41) is 87.2. The highest BCUT2D eigenvalue weighted by Gasteiger charge is 2.51. The van der Waals surface area contributed by atoms with Gasteiger partial charge in [0.1, 0.15) is 48.8 Å². The molecule has 0 aromatic carbocycles. The molecule has 2 aliphatic heterocycles. The van der Waals surface area contributed by atoms with E-state index in [1.54, 1.807) is 6.08 Å². The molecule has 0 aromatic rings. The van der Waals surface area contributed by atoms with Gasteiger partial charge in [-0.3, -0.25) is 4.79 Å². The van der Waals surface area contributed by atoms with E-state index in [0.717, 1.165) is 77.0 Å². The van der Waals surface area contributed by atoms with Crippen LogP contribution in [0, 0.1) is 0 Å². The number of carbonyl (C=O) groups excluding carboxylic acids is 1. The van der Waals surface area contributed by atoms with Gasteiger partial charge in [-0.25, -0.2) is 0 Å². The summed E-state index contributed by atoms with van der Waals surface area (Å²) in [5.41, 5.74) is 0. The second-order valence-electron chi connectivity index (χ2n) is 21.8. The lowest BCUT2D eigenvalue weighted by Crippen LogP contribution is -2.65. The van der Waals surface area contributed by atoms with Crippen molar-refractivity contribution in [2.45, 2.75) is 286 Å². The molecule has 0 spiro atoms. The molecule has 0 aromatic heterocycles. The average Bonchev–Trinajstić information content (AvgIpc) is 3.47. The van der Waals surface area contributed by atoms with E-state index in [1.807, 2.05) is 6.08 Å². The molecule has 14 nitrogen and oxygen atoms in total. The van der Waals surface area contributed by atoms with E-state index in [9.17, 15) is 45.6 Å². The Hall–Kier alpha value is -3.35. The zero-order chi connectivity index (χ0) is 58.8. The van der Waals surface area contributed by atoms with Gasteiger partial charge in [-0.05, 0) is 96.3 Å². The Morgan fingerprint density at radius 3 is 1.36 bits per heavy atom. The van der Waals surface area contributed by atoms with E-state index < -0.39 is 86.8 Å². The van der Waals surface area contributed by atoms with Crippen molar-refractivity contribution in [1.29, 1.82) is 0 Å². The third-order valence-corrected chi connectivity index (χ3v) is 14.7. The van der Waals surface area contributed by atoms with Gasteiger partial charge in [0.05, 0.1) is 32.0 Å². The molecule has 0 aliphatic carbocycles. The molecule has 81 heavy (non-hydrogen) atoms. The number of hydrogen-bond donors (Lipinski definition) is 9. The Bertz CT molecular complexity index is 1770. The van der Waals surface area contributed by atoms with Gasteiger partial charge in [0.25, 0.3) is 0 Å². The fourth-order valence-electron chi connectivity index (χ4n) is 9.62. The molecule has 0 radical (unpaired) electrons. The minimum absolute atomic E-state index is 0.208. The maximum Gasteiger partial charge on any atom is 0.220 e. The van der Waals surface area contributed by atoms with E-state index >= 15 is 0 Å². The van der Waals surface area contributed by atoms with Crippen molar-refractivity contribution in [3.63, 3.8) is 0 Å². The monoisotopic (exact) mass is 1140 g/mol. The van der Waals surface area contributed by atoms with E-state index in [0.29, 0.717) is 12.8 Å². The van der Waals surface area contributed by atoms with E-state index in [1.165, 1.54) is 103 Å². The molecular weight excluding hydrogens is 1030 g/mol. The molecule has 12 unspecified atom stereocenters. The zero-order valence-corrected chi connectivity index (χ0v) is 50.0. The molecule has 12 atom stereocenters. The van der Waals surface area contributed by atoms with E-state index in [-0.39, 0.29) is 18.9 Å². The van der Waals surface area contributed by atoms with Crippen LogP contribution in [0.15, 0.2) is 109 Å². The Morgan fingerprint density at radius 2 is 0.864 bits per heavy atom. The van der Waals surface area contributed by atoms with Gasteiger partial charge < -0.3 is 65.1 Å². The average molecular weight is 1140 g/mol. The molecule has 2 rings (SSSR count). The lowest BCUT2D eigenvalue weighted by Gasteiger charge is -2.46. The summed E-state index contributed by atoms with van der Waals surface area (Å²) in [7, 11) is 0. The van der Waals surface area contributed by atoms with E-state index in [4.69, 9.17) is 18.9 Å². The van der Waals surface area contributed by atoms with Gasteiger partial charge in [0.15, 0.2) is 12.6 Å². The Kier molecular flexibility index (Phi) is 46.5. The fourth-order valence-corrected chi connectivity index (χ4v) is 9.62. The maximum absolute atomic E-state index is 13.3. The normalized spacial score (nSPS) is 24.9. The lowest BCUT2D eigenvalue weighted by atomic mass is 9.97. The van der Waals surface area contributed by atoms with Crippen LogP contribution < -0.4 is 5.32 Å². The van der Waals surface area contributed by atoms with Gasteiger partial charge in [0.2, 0.25) is 5.91 Å². The highest BCUT2D eigenvalue weighted by molar-refractivity contribution is 5.76. The first-order chi connectivity index (χ1) is 39.6. The predicted molar refractivity (Wildman–Crippen MR) is 327 cm³/mol. The largest absolute Gasteiger partial charge is 0.394 e. The second kappa shape index (κ2) is 51.1. The number of rotatable bonds is 49. The van der Waals surface area contributed by atoms with Crippen LogP contribution in [-0.2, 0) is 23.7 Å². The van der Waals surface area contributed by atoms with Crippen molar-refractivity contribution in [3.05, 3.63) is 109 Å². The number of allylic oxidation sites excluding steroid dienone is 17. The summed E-state index contributed by atoms with van der Waals surface area (Å²) < 4.78 is 22.7. The number of amides is 1. The van der Waals surface area contributed by atoms with Crippen LogP contribution in [-0.4, -0.2) is 140 Å². The fraction of sp³-hybridized carbons (Fsp3) is 0.716. The summed E-state index contributed by atoms with van der Waals surface area (Å²) in [6.45, 7) is 2.63. The third kappa shape index (κ3) is 36.2.